The number of nitrogens with one attached hydrogen (secondary N) is 2. The van der Waals surface area contributed by atoms with Gasteiger partial charge in [0.15, 0.2) is 0 Å². The van der Waals surface area contributed by atoms with Gasteiger partial charge in [-0.3, -0.25) is 14.6 Å². The largest absolute Gasteiger partial charge is 0.342 e. The monoisotopic (exact) mass is 262 g/mol. The lowest BCUT2D eigenvalue weighted by molar-refractivity contribution is -0.129. The summed E-state index contributed by atoms with van der Waals surface area (Å²) < 4.78 is 0. The Morgan fingerprint density at radius 2 is 2.21 bits per heavy atom. The van der Waals surface area contributed by atoms with Gasteiger partial charge in [0.25, 0.3) is 5.91 Å². The SMILES string of the molecule is O=C(NCC(=O)N1CCCNCC1)c1ccccn1. The standard InChI is InChI=1S/C13H18N4O2/c18-12(17-8-3-5-14-7-9-17)10-16-13(19)11-4-1-2-6-15-11/h1-2,4,6,14H,3,5,7-10H2,(H,16,19). The van der Waals surface area contributed by atoms with Crippen LogP contribution < -0.4 is 10.6 Å². The highest BCUT2D eigenvalue weighted by Crippen LogP contribution is 1.97. The van der Waals surface area contributed by atoms with E-state index in [1.807, 2.05) is 0 Å². The minimum atomic E-state index is -0.318. The average molecular weight is 262 g/mol. The molecule has 2 rings (SSSR count). The van der Waals surface area contributed by atoms with E-state index in [-0.39, 0.29) is 18.4 Å². The molecule has 0 saturated carbocycles. The van der Waals surface area contributed by atoms with Crippen molar-refractivity contribution in [3.05, 3.63) is 30.1 Å². The predicted octanol–water partition coefficient (Wildman–Crippen LogP) is -0.367. The summed E-state index contributed by atoms with van der Waals surface area (Å²) in [6.45, 7) is 3.20. The minimum absolute atomic E-state index is 0.0232. The van der Waals surface area contributed by atoms with Crippen molar-refractivity contribution in [1.29, 1.82) is 0 Å². The molecular weight excluding hydrogens is 244 g/mol. The first-order valence-corrected chi connectivity index (χ1v) is 6.45. The number of amides is 2. The Kier molecular flexibility index (Phi) is 4.85. The quantitative estimate of drug-likeness (QED) is 0.779. The first-order chi connectivity index (χ1) is 9.27. The van der Waals surface area contributed by atoms with Crippen molar-refractivity contribution < 1.29 is 9.59 Å². The van der Waals surface area contributed by atoms with E-state index in [2.05, 4.69) is 15.6 Å². The van der Waals surface area contributed by atoms with E-state index >= 15 is 0 Å². The summed E-state index contributed by atoms with van der Waals surface area (Å²) in [5, 5.41) is 5.83. The van der Waals surface area contributed by atoms with Gasteiger partial charge in [0.05, 0.1) is 6.54 Å². The normalized spacial score (nSPS) is 15.7. The molecule has 19 heavy (non-hydrogen) atoms. The first-order valence-electron chi connectivity index (χ1n) is 6.45. The van der Waals surface area contributed by atoms with E-state index in [0.29, 0.717) is 12.2 Å². The highest BCUT2D eigenvalue weighted by molar-refractivity contribution is 5.94. The van der Waals surface area contributed by atoms with Crippen LogP contribution in [0.25, 0.3) is 0 Å². The number of nitrogens with zero attached hydrogens (tertiary/aromatic N) is 2. The number of hydrogen-bond acceptors (Lipinski definition) is 4. The number of carbonyl (C=O) groups excluding carboxylic acids is 2. The molecule has 2 N–H and O–H groups in total. The topological polar surface area (TPSA) is 74.3 Å². The second-order valence-corrected chi connectivity index (χ2v) is 4.38. The van der Waals surface area contributed by atoms with Crippen molar-refractivity contribution in [2.75, 3.05) is 32.7 Å². The summed E-state index contributed by atoms with van der Waals surface area (Å²) in [4.78, 5) is 29.4. The molecule has 0 radical (unpaired) electrons. The summed E-state index contributed by atoms with van der Waals surface area (Å²) >= 11 is 0. The van der Waals surface area contributed by atoms with E-state index in [9.17, 15) is 9.59 Å². The van der Waals surface area contributed by atoms with Crippen LogP contribution in [0.1, 0.15) is 16.9 Å². The molecule has 0 spiro atoms. The number of aromatic nitrogens is 1. The Bertz CT molecular complexity index is 428. The molecule has 6 heteroatoms. The van der Waals surface area contributed by atoms with Crippen molar-refractivity contribution in [2.24, 2.45) is 0 Å². The van der Waals surface area contributed by atoms with Crippen molar-refractivity contribution in [3.63, 3.8) is 0 Å². The molecule has 1 aliphatic heterocycles. The van der Waals surface area contributed by atoms with E-state index in [1.165, 1.54) is 0 Å². The molecule has 0 atom stereocenters. The van der Waals surface area contributed by atoms with Gasteiger partial charge >= 0.3 is 0 Å². The zero-order valence-electron chi connectivity index (χ0n) is 10.8. The highest BCUT2D eigenvalue weighted by Gasteiger charge is 2.16. The fraction of sp³-hybridized carbons (Fsp3) is 0.462. The molecule has 0 bridgehead atoms. The summed E-state index contributed by atoms with van der Waals surface area (Å²) in [5.74, 6) is -0.366. The second kappa shape index (κ2) is 6.84. The molecule has 1 fully saturated rings. The van der Waals surface area contributed by atoms with Crippen LogP contribution in [0.5, 0.6) is 0 Å². The Hall–Kier alpha value is -1.95. The van der Waals surface area contributed by atoms with Gasteiger partial charge in [-0.15, -0.1) is 0 Å². The molecule has 0 unspecified atom stereocenters. The third kappa shape index (κ3) is 4.03. The summed E-state index contributed by atoms with van der Waals surface area (Å²) in [7, 11) is 0. The van der Waals surface area contributed by atoms with Crippen molar-refractivity contribution >= 4 is 11.8 Å². The number of hydrogen-bond donors (Lipinski definition) is 2. The van der Waals surface area contributed by atoms with Gasteiger partial charge in [-0.05, 0) is 25.1 Å². The molecule has 0 aliphatic carbocycles. The summed E-state index contributed by atoms with van der Waals surface area (Å²) in [6, 6.07) is 5.10. The molecule has 1 aromatic heterocycles. The van der Waals surface area contributed by atoms with Crippen LogP contribution in [0.2, 0.25) is 0 Å². The number of carbonyl (C=O) groups is 2. The van der Waals surface area contributed by atoms with Gasteiger partial charge in [-0.1, -0.05) is 6.07 Å². The fourth-order valence-electron chi connectivity index (χ4n) is 1.95. The van der Waals surface area contributed by atoms with Crippen LogP contribution in [0.15, 0.2) is 24.4 Å². The Labute approximate surface area is 112 Å². The average Bonchev–Trinajstić information content (AvgIpc) is 2.74. The Morgan fingerprint density at radius 3 is 3.00 bits per heavy atom. The van der Waals surface area contributed by atoms with Crippen LogP contribution in [0.3, 0.4) is 0 Å². The van der Waals surface area contributed by atoms with E-state index in [4.69, 9.17) is 0 Å². The van der Waals surface area contributed by atoms with Gasteiger partial charge in [-0.2, -0.15) is 0 Å². The third-order valence-electron chi connectivity index (χ3n) is 2.99. The zero-order chi connectivity index (χ0) is 13.5. The first kappa shape index (κ1) is 13.5. The Morgan fingerprint density at radius 1 is 1.32 bits per heavy atom. The molecule has 2 heterocycles. The molecule has 0 aromatic carbocycles. The van der Waals surface area contributed by atoms with Crippen LogP contribution >= 0.6 is 0 Å². The van der Waals surface area contributed by atoms with Crippen LogP contribution in [-0.2, 0) is 4.79 Å². The molecular formula is C13H18N4O2. The fourth-order valence-corrected chi connectivity index (χ4v) is 1.95. The molecule has 1 saturated heterocycles. The minimum Gasteiger partial charge on any atom is -0.342 e. The molecule has 6 nitrogen and oxygen atoms in total. The van der Waals surface area contributed by atoms with Gasteiger partial charge in [-0.25, -0.2) is 0 Å². The van der Waals surface area contributed by atoms with Gasteiger partial charge in [0.1, 0.15) is 5.69 Å². The highest BCUT2D eigenvalue weighted by atomic mass is 16.2. The molecule has 102 valence electrons. The predicted molar refractivity (Wildman–Crippen MR) is 70.6 cm³/mol. The molecule has 1 aromatic rings. The Balaban J connectivity index is 1.81. The second-order valence-electron chi connectivity index (χ2n) is 4.38. The maximum atomic E-state index is 11.9. The van der Waals surface area contributed by atoms with Crippen LogP contribution in [-0.4, -0.2) is 54.4 Å². The lowest BCUT2D eigenvalue weighted by Crippen LogP contribution is -2.41. The van der Waals surface area contributed by atoms with E-state index in [1.54, 1.807) is 29.3 Å². The van der Waals surface area contributed by atoms with Crippen molar-refractivity contribution in [3.8, 4) is 0 Å². The third-order valence-corrected chi connectivity index (χ3v) is 2.99. The number of pyridine rings is 1. The van der Waals surface area contributed by atoms with E-state index < -0.39 is 0 Å². The van der Waals surface area contributed by atoms with Gasteiger partial charge in [0, 0.05) is 25.8 Å². The summed E-state index contributed by atoms with van der Waals surface area (Å²) in [5.41, 5.74) is 0.327. The van der Waals surface area contributed by atoms with Crippen molar-refractivity contribution in [1.82, 2.24) is 20.5 Å². The van der Waals surface area contributed by atoms with Gasteiger partial charge < -0.3 is 15.5 Å². The van der Waals surface area contributed by atoms with Crippen molar-refractivity contribution in [2.45, 2.75) is 6.42 Å². The smallest absolute Gasteiger partial charge is 0.270 e. The molecule has 2 amide bonds. The zero-order valence-corrected chi connectivity index (χ0v) is 10.8. The maximum Gasteiger partial charge on any atom is 0.270 e. The van der Waals surface area contributed by atoms with E-state index in [0.717, 1.165) is 26.1 Å². The lowest BCUT2D eigenvalue weighted by Gasteiger charge is -2.19. The van der Waals surface area contributed by atoms with Crippen LogP contribution in [0, 0.1) is 0 Å². The molecule has 1 aliphatic rings. The summed E-state index contributed by atoms with van der Waals surface area (Å²) in [6.07, 6.45) is 2.50. The number of rotatable bonds is 3. The van der Waals surface area contributed by atoms with Crippen LogP contribution in [0.4, 0.5) is 0 Å². The van der Waals surface area contributed by atoms with Gasteiger partial charge in [0.2, 0.25) is 5.91 Å². The lowest BCUT2D eigenvalue weighted by atomic mass is 10.3. The maximum absolute atomic E-state index is 11.9.